The normalized spacial score (nSPS) is 10.0. The maximum absolute atomic E-state index is 12.5. The average molecular weight is 377 g/mol. The van der Waals surface area contributed by atoms with Crippen LogP contribution in [0.3, 0.4) is 0 Å². The third-order valence-corrected chi connectivity index (χ3v) is 5.18. The van der Waals surface area contributed by atoms with Crippen molar-refractivity contribution in [3.05, 3.63) is 64.9 Å². The van der Waals surface area contributed by atoms with Gasteiger partial charge in [0, 0.05) is 11.4 Å². The average Bonchev–Trinajstić information content (AvgIpc) is 2.65. The van der Waals surface area contributed by atoms with E-state index >= 15 is 0 Å². The van der Waals surface area contributed by atoms with Crippen LogP contribution < -0.4 is 10.0 Å². The van der Waals surface area contributed by atoms with Gasteiger partial charge in [0.25, 0.3) is 10.0 Å². The van der Waals surface area contributed by atoms with Crippen LogP contribution in [-0.2, 0) is 10.0 Å². The summed E-state index contributed by atoms with van der Waals surface area (Å²) in [5.41, 5.74) is 2.30. The smallest absolute Gasteiger partial charge is 0.261 e. The molecular formula is C19H15N5O2S. The summed E-state index contributed by atoms with van der Waals surface area (Å²) < 4.78 is 27.5. The van der Waals surface area contributed by atoms with E-state index in [0.717, 1.165) is 11.1 Å². The van der Waals surface area contributed by atoms with Gasteiger partial charge in [-0.25, -0.2) is 8.42 Å². The predicted octanol–water partition coefficient (Wildman–Crippen LogP) is 3.34. The molecule has 7 nitrogen and oxygen atoms in total. The number of allylic oxidation sites excluding steroid dienone is 2. The van der Waals surface area contributed by atoms with Crippen LogP contribution in [0.4, 0.5) is 11.4 Å². The van der Waals surface area contributed by atoms with Crippen LogP contribution in [0.5, 0.6) is 0 Å². The number of hydrogen-bond donors (Lipinski definition) is 2. The number of nitriles is 3. The van der Waals surface area contributed by atoms with Crippen molar-refractivity contribution in [3.63, 3.8) is 0 Å². The zero-order chi connectivity index (χ0) is 20.0. The number of nitrogens with one attached hydrogen (secondary N) is 2. The Morgan fingerprint density at radius 2 is 1.44 bits per heavy atom. The van der Waals surface area contributed by atoms with Crippen LogP contribution in [0, 0.1) is 47.8 Å². The van der Waals surface area contributed by atoms with E-state index in [4.69, 9.17) is 15.8 Å². The lowest BCUT2D eigenvalue weighted by atomic mass is 10.1. The molecule has 0 unspecified atom stereocenters. The predicted molar refractivity (Wildman–Crippen MR) is 101 cm³/mol. The van der Waals surface area contributed by atoms with Gasteiger partial charge in [0.15, 0.2) is 5.57 Å². The van der Waals surface area contributed by atoms with Crippen molar-refractivity contribution in [1.29, 1.82) is 15.8 Å². The molecule has 0 atom stereocenters. The minimum Gasteiger partial charge on any atom is -0.345 e. The first-order valence-electron chi connectivity index (χ1n) is 7.72. The molecule has 0 aliphatic carbocycles. The minimum absolute atomic E-state index is 0.0366. The molecule has 0 aromatic heterocycles. The van der Waals surface area contributed by atoms with Gasteiger partial charge in [0.1, 0.15) is 23.9 Å². The van der Waals surface area contributed by atoms with Crippen LogP contribution >= 0.6 is 0 Å². The number of hydrogen-bond acceptors (Lipinski definition) is 6. The standard InChI is InChI=1S/C19H15N5O2S/c1-13-3-4-17(9-14(13)2)24-27(25,26)18-7-5-16(6-8-18)23-19(12-22)15(10-20)11-21/h3-9,23-24H,1-2H3. The van der Waals surface area contributed by atoms with Crippen molar-refractivity contribution < 1.29 is 8.42 Å². The first-order chi connectivity index (χ1) is 12.8. The highest BCUT2D eigenvalue weighted by Crippen LogP contribution is 2.21. The van der Waals surface area contributed by atoms with Gasteiger partial charge in [0.2, 0.25) is 0 Å². The lowest BCUT2D eigenvalue weighted by Crippen LogP contribution is -2.13. The SMILES string of the molecule is Cc1ccc(NS(=O)(=O)c2ccc(NC(C#N)=C(C#N)C#N)cc2)cc1C. The fraction of sp³-hybridized carbons (Fsp3) is 0.105. The van der Waals surface area contributed by atoms with Crippen LogP contribution in [0.25, 0.3) is 0 Å². The monoisotopic (exact) mass is 377 g/mol. The van der Waals surface area contributed by atoms with Crippen LogP contribution in [-0.4, -0.2) is 8.42 Å². The molecular weight excluding hydrogens is 362 g/mol. The number of rotatable bonds is 5. The third kappa shape index (κ3) is 4.64. The second kappa shape index (κ2) is 8.05. The highest BCUT2D eigenvalue weighted by Gasteiger charge is 2.15. The highest BCUT2D eigenvalue weighted by atomic mass is 32.2. The number of sulfonamides is 1. The second-order valence-corrected chi connectivity index (χ2v) is 7.32. The molecule has 2 aromatic rings. The fourth-order valence-corrected chi connectivity index (χ4v) is 3.21. The van der Waals surface area contributed by atoms with Gasteiger partial charge in [0.05, 0.1) is 4.90 Å². The molecule has 27 heavy (non-hydrogen) atoms. The van der Waals surface area contributed by atoms with Gasteiger partial charge in [-0.05, 0) is 61.4 Å². The minimum atomic E-state index is -3.78. The summed E-state index contributed by atoms with van der Waals surface area (Å²) in [6, 6.07) is 15.8. The maximum atomic E-state index is 12.5. The first kappa shape index (κ1) is 19.5. The molecule has 8 heteroatoms. The Morgan fingerprint density at radius 1 is 0.852 bits per heavy atom. The Hall–Kier alpha value is -3.80. The zero-order valence-electron chi connectivity index (χ0n) is 14.6. The van der Waals surface area contributed by atoms with Crippen LogP contribution in [0.15, 0.2) is 58.6 Å². The van der Waals surface area contributed by atoms with Crippen molar-refractivity contribution in [1.82, 2.24) is 0 Å². The van der Waals surface area contributed by atoms with Gasteiger partial charge in [-0.15, -0.1) is 0 Å². The summed E-state index contributed by atoms with van der Waals surface area (Å²) in [6.45, 7) is 3.83. The van der Waals surface area contributed by atoms with E-state index in [1.165, 1.54) is 24.3 Å². The van der Waals surface area contributed by atoms with Crippen LogP contribution in [0.2, 0.25) is 0 Å². The van der Waals surface area contributed by atoms with E-state index in [9.17, 15) is 8.42 Å². The molecule has 0 radical (unpaired) electrons. The number of aryl methyl sites for hydroxylation is 2. The summed E-state index contributed by atoms with van der Waals surface area (Å²) in [5.74, 6) is 0. The third-order valence-electron chi connectivity index (χ3n) is 3.78. The number of benzene rings is 2. The Morgan fingerprint density at radius 3 is 1.96 bits per heavy atom. The van der Waals surface area contributed by atoms with Gasteiger partial charge in [-0.3, -0.25) is 4.72 Å². The lowest BCUT2D eigenvalue weighted by molar-refractivity contribution is 0.601. The molecule has 2 rings (SSSR count). The van der Waals surface area contributed by atoms with E-state index < -0.39 is 10.0 Å². The van der Waals surface area contributed by atoms with Crippen molar-refractivity contribution >= 4 is 21.4 Å². The molecule has 0 saturated heterocycles. The first-order valence-corrected chi connectivity index (χ1v) is 9.20. The Balaban J connectivity index is 2.25. The zero-order valence-corrected chi connectivity index (χ0v) is 15.4. The highest BCUT2D eigenvalue weighted by molar-refractivity contribution is 7.92. The van der Waals surface area contributed by atoms with Crippen molar-refractivity contribution in [2.24, 2.45) is 0 Å². The van der Waals surface area contributed by atoms with Gasteiger partial charge in [-0.2, -0.15) is 15.8 Å². The largest absolute Gasteiger partial charge is 0.345 e. The van der Waals surface area contributed by atoms with Gasteiger partial charge >= 0.3 is 0 Å². The van der Waals surface area contributed by atoms with Gasteiger partial charge < -0.3 is 5.32 Å². The summed E-state index contributed by atoms with van der Waals surface area (Å²) in [4.78, 5) is 0.0366. The topological polar surface area (TPSA) is 130 Å². The molecule has 0 aliphatic rings. The van der Waals surface area contributed by atoms with Crippen molar-refractivity contribution in [2.75, 3.05) is 10.0 Å². The molecule has 0 aliphatic heterocycles. The summed E-state index contributed by atoms with van der Waals surface area (Å²) >= 11 is 0. The lowest BCUT2D eigenvalue weighted by Gasteiger charge is -2.11. The molecule has 0 saturated carbocycles. The molecule has 0 bridgehead atoms. The number of anilines is 2. The Bertz CT molecular complexity index is 1110. The van der Waals surface area contributed by atoms with Crippen molar-refractivity contribution in [3.8, 4) is 18.2 Å². The quantitative estimate of drug-likeness (QED) is 0.769. The van der Waals surface area contributed by atoms with E-state index in [1.54, 1.807) is 30.3 Å². The molecule has 0 heterocycles. The molecule has 134 valence electrons. The Kier molecular flexibility index (Phi) is 5.82. The summed E-state index contributed by atoms with van der Waals surface area (Å²) in [6.07, 6.45) is 0. The second-order valence-electron chi connectivity index (χ2n) is 5.64. The van der Waals surface area contributed by atoms with Crippen LogP contribution in [0.1, 0.15) is 11.1 Å². The van der Waals surface area contributed by atoms with E-state index in [1.807, 2.05) is 19.9 Å². The van der Waals surface area contributed by atoms with Crippen molar-refractivity contribution in [2.45, 2.75) is 18.7 Å². The molecule has 2 N–H and O–H groups in total. The van der Waals surface area contributed by atoms with E-state index in [0.29, 0.717) is 11.4 Å². The molecule has 2 aromatic carbocycles. The van der Waals surface area contributed by atoms with E-state index in [2.05, 4.69) is 10.0 Å². The van der Waals surface area contributed by atoms with E-state index in [-0.39, 0.29) is 16.2 Å². The summed E-state index contributed by atoms with van der Waals surface area (Å²) in [7, 11) is -3.78. The Labute approximate surface area is 157 Å². The number of nitrogens with zero attached hydrogens (tertiary/aromatic N) is 3. The van der Waals surface area contributed by atoms with Gasteiger partial charge in [-0.1, -0.05) is 6.07 Å². The maximum Gasteiger partial charge on any atom is 0.261 e. The molecule has 0 fully saturated rings. The fourth-order valence-electron chi connectivity index (χ4n) is 2.16. The summed E-state index contributed by atoms with van der Waals surface area (Å²) in [5, 5.41) is 29.3. The molecule has 0 spiro atoms. The molecule has 0 amide bonds.